The van der Waals surface area contributed by atoms with E-state index in [1.54, 1.807) is 0 Å². The third-order valence-corrected chi connectivity index (χ3v) is 3.98. The maximum absolute atomic E-state index is 3.57. The molecular formula is C10H19N. The molecule has 0 aromatic carbocycles. The summed E-state index contributed by atoms with van der Waals surface area (Å²) in [6.07, 6.45) is 4.25. The molecule has 1 nitrogen and oxygen atoms in total. The van der Waals surface area contributed by atoms with Gasteiger partial charge >= 0.3 is 0 Å². The molecule has 0 bridgehead atoms. The summed E-state index contributed by atoms with van der Waals surface area (Å²) in [5, 5.41) is 3.57. The third-order valence-electron chi connectivity index (χ3n) is 3.98. The second-order valence-corrected chi connectivity index (χ2v) is 5.12. The summed E-state index contributed by atoms with van der Waals surface area (Å²) in [6.45, 7) is 8.40. The van der Waals surface area contributed by atoms with Crippen molar-refractivity contribution in [2.45, 2.75) is 45.6 Å². The second kappa shape index (κ2) is 2.01. The Kier molecular flexibility index (Phi) is 1.39. The Morgan fingerprint density at radius 1 is 1.27 bits per heavy atom. The first kappa shape index (κ1) is 7.60. The Labute approximate surface area is 69.6 Å². The lowest BCUT2D eigenvalue weighted by molar-refractivity contribution is -0.0598. The van der Waals surface area contributed by atoms with Crippen molar-refractivity contribution in [1.82, 2.24) is 5.32 Å². The first-order chi connectivity index (χ1) is 5.06. The van der Waals surface area contributed by atoms with E-state index in [0.717, 1.165) is 5.92 Å². The fraction of sp³-hybridized carbons (Fsp3) is 1.00. The van der Waals surface area contributed by atoms with E-state index in [4.69, 9.17) is 0 Å². The topological polar surface area (TPSA) is 12.0 Å². The number of hydrogen-bond acceptors (Lipinski definition) is 1. The van der Waals surface area contributed by atoms with Gasteiger partial charge in [0.15, 0.2) is 0 Å². The molecule has 1 aliphatic heterocycles. The van der Waals surface area contributed by atoms with Gasteiger partial charge < -0.3 is 5.32 Å². The number of hydrogen-bond donors (Lipinski definition) is 1. The van der Waals surface area contributed by atoms with Gasteiger partial charge in [-0.1, -0.05) is 20.8 Å². The monoisotopic (exact) mass is 153 g/mol. The van der Waals surface area contributed by atoms with Gasteiger partial charge in [-0.2, -0.15) is 0 Å². The van der Waals surface area contributed by atoms with Gasteiger partial charge in [-0.3, -0.25) is 0 Å². The van der Waals surface area contributed by atoms with Gasteiger partial charge in [0.25, 0.3) is 0 Å². The van der Waals surface area contributed by atoms with Crippen LogP contribution < -0.4 is 5.32 Å². The number of rotatable bonds is 1. The fourth-order valence-corrected chi connectivity index (χ4v) is 2.68. The van der Waals surface area contributed by atoms with Crippen LogP contribution >= 0.6 is 0 Å². The van der Waals surface area contributed by atoms with Crippen molar-refractivity contribution in [3.63, 3.8) is 0 Å². The van der Waals surface area contributed by atoms with Crippen LogP contribution in [0.3, 0.4) is 0 Å². The van der Waals surface area contributed by atoms with Crippen molar-refractivity contribution >= 4 is 0 Å². The molecule has 0 radical (unpaired) electrons. The highest BCUT2D eigenvalue weighted by molar-refractivity contribution is 5.12. The molecule has 0 amide bonds. The Morgan fingerprint density at radius 2 is 1.82 bits per heavy atom. The van der Waals surface area contributed by atoms with Crippen LogP contribution in [-0.4, -0.2) is 12.1 Å². The maximum atomic E-state index is 3.57. The molecule has 1 heteroatoms. The molecule has 1 aliphatic carbocycles. The van der Waals surface area contributed by atoms with E-state index in [1.165, 1.54) is 25.8 Å². The highest BCUT2D eigenvalue weighted by Gasteiger charge is 2.55. The first-order valence-corrected chi connectivity index (χ1v) is 4.81. The second-order valence-electron chi connectivity index (χ2n) is 5.12. The minimum Gasteiger partial charge on any atom is -0.311 e. The maximum Gasteiger partial charge on any atom is 0.0204 e. The molecule has 2 fully saturated rings. The number of nitrogens with one attached hydrogen (secondary N) is 1. The van der Waals surface area contributed by atoms with E-state index in [9.17, 15) is 0 Å². The standard InChI is InChI=1S/C10H19N/c1-8(2)9(3)6-10(7-9)4-5-11-10/h8,11H,4-7H2,1-3H3. The molecule has 2 aliphatic rings. The van der Waals surface area contributed by atoms with Gasteiger partial charge in [0.2, 0.25) is 0 Å². The fourth-order valence-electron chi connectivity index (χ4n) is 2.68. The van der Waals surface area contributed by atoms with Crippen LogP contribution in [0.25, 0.3) is 0 Å². The van der Waals surface area contributed by atoms with Crippen LogP contribution in [0.1, 0.15) is 40.0 Å². The van der Waals surface area contributed by atoms with E-state index < -0.39 is 0 Å². The van der Waals surface area contributed by atoms with E-state index in [-0.39, 0.29) is 0 Å². The molecule has 2 rings (SSSR count). The highest BCUT2D eigenvalue weighted by atomic mass is 15.1. The Hall–Kier alpha value is -0.0400. The summed E-state index contributed by atoms with van der Waals surface area (Å²) in [5.41, 5.74) is 1.26. The minimum atomic E-state index is 0.610. The van der Waals surface area contributed by atoms with E-state index in [1.807, 2.05) is 0 Å². The quantitative estimate of drug-likeness (QED) is 0.609. The van der Waals surface area contributed by atoms with E-state index >= 15 is 0 Å². The zero-order chi connectivity index (χ0) is 8.11. The van der Waals surface area contributed by atoms with Crippen LogP contribution in [0.4, 0.5) is 0 Å². The van der Waals surface area contributed by atoms with Gasteiger partial charge in [0.1, 0.15) is 0 Å². The van der Waals surface area contributed by atoms with Crippen LogP contribution in [0.2, 0.25) is 0 Å². The van der Waals surface area contributed by atoms with Crippen LogP contribution in [0.5, 0.6) is 0 Å². The van der Waals surface area contributed by atoms with Crippen molar-refractivity contribution in [1.29, 1.82) is 0 Å². The summed E-state index contributed by atoms with van der Waals surface area (Å²) in [5.74, 6) is 0.857. The summed E-state index contributed by atoms with van der Waals surface area (Å²) in [7, 11) is 0. The minimum absolute atomic E-state index is 0.610. The van der Waals surface area contributed by atoms with Crippen molar-refractivity contribution in [3.05, 3.63) is 0 Å². The van der Waals surface area contributed by atoms with Gasteiger partial charge in [0, 0.05) is 5.54 Å². The molecule has 0 atom stereocenters. The highest BCUT2D eigenvalue weighted by Crippen LogP contribution is 2.56. The van der Waals surface area contributed by atoms with Crippen molar-refractivity contribution in [2.24, 2.45) is 11.3 Å². The average molecular weight is 153 g/mol. The Bertz CT molecular complexity index is 160. The molecule has 1 N–H and O–H groups in total. The SMILES string of the molecule is CC(C)C1(C)CC2(CCN2)C1. The van der Waals surface area contributed by atoms with Crippen molar-refractivity contribution in [3.8, 4) is 0 Å². The molecule has 1 heterocycles. The van der Waals surface area contributed by atoms with Gasteiger partial charge in [-0.15, -0.1) is 0 Å². The van der Waals surface area contributed by atoms with Crippen LogP contribution in [0.15, 0.2) is 0 Å². The molecule has 0 aromatic rings. The summed E-state index contributed by atoms with van der Waals surface area (Å²) in [6, 6.07) is 0. The smallest absolute Gasteiger partial charge is 0.0204 e. The molecule has 64 valence electrons. The lowest BCUT2D eigenvalue weighted by Gasteiger charge is -2.62. The van der Waals surface area contributed by atoms with Gasteiger partial charge in [-0.05, 0) is 37.1 Å². The molecule has 1 saturated carbocycles. The zero-order valence-corrected chi connectivity index (χ0v) is 7.91. The van der Waals surface area contributed by atoms with Gasteiger partial charge in [-0.25, -0.2) is 0 Å². The molecule has 1 spiro atoms. The predicted octanol–water partition coefficient (Wildman–Crippen LogP) is 2.17. The van der Waals surface area contributed by atoms with Crippen LogP contribution in [0, 0.1) is 11.3 Å². The first-order valence-electron chi connectivity index (χ1n) is 4.81. The Morgan fingerprint density at radius 3 is 2.09 bits per heavy atom. The normalized spacial score (nSPS) is 49.1. The molecule has 0 aromatic heterocycles. The average Bonchev–Trinajstić information content (AvgIpc) is 1.75. The predicted molar refractivity (Wildman–Crippen MR) is 47.5 cm³/mol. The molecule has 1 saturated heterocycles. The summed E-state index contributed by atoms with van der Waals surface area (Å²) >= 11 is 0. The van der Waals surface area contributed by atoms with Crippen molar-refractivity contribution < 1.29 is 0 Å². The van der Waals surface area contributed by atoms with E-state index in [0.29, 0.717) is 11.0 Å². The lowest BCUT2D eigenvalue weighted by Crippen LogP contribution is -2.68. The Balaban J connectivity index is 1.95. The summed E-state index contributed by atoms with van der Waals surface area (Å²) < 4.78 is 0. The summed E-state index contributed by atoms with van der Waals surface area (Å²) in [4.78, 5) is 0. The van der Waals surface area contributed by atoms with Crippen molar-refractivity contribution in [2.75, 3.05) is 6.54 Å². The molecule has 0 unspecified atom stereocenters. The lowest BCUT2D eigenvalue weighted by atomic mass is 9.51. The zero-order valence-electron chi connectivity index (χ0n) is 7.91. The third kappa shape index (κ3) is 0.936. The van der Waals surface area contributed by atoms with Gasteiger partial charge in [0.05, 0.1) is 0 Å². The molecule has 11 heavy (non-hydrogen) atoms. The molecular weight excluding hydrogens is 134 g/mol. The van der Waals surface area contributed by atoms with Crippen LogP contribution in [-0.2, 0) is 0 Å². The largest absolute Gasteiger partial charge is 0.311 e. The van der Waals surface area contributed by atoms with E-state index in [2.05, 4.69) is 26.1 Å².